The lowest BCUT2D eigenvalue weighted by Crippen LogP contribution is -2.62. The number of nitrogens with zero attached hydrogens (tertiary/aromatic N) is 2. The van der Waals surface area contributed by atoms with E-state index in [2.05, 4.69) is 205 Å². The Morgan fingerprint density at radius 2 is 0.969 bits per heavy atom. The maximum Gasteiger partial charge on any atom is 0.252 e. The van der Waals surface area contributed by atoms with Gasteiger partial charge < -0.3 is 9.80 Å². The van der Waals surface area contributed by atoms with E-state index in [1.54, 1.807) is 0 Å². The molecule has 0 atom stereocenters. The Balaban J connectivity index is 1.40. The maximum atomic E-state index is 9.19. The standard InChI is InChI=1S/C61H71BN2/c1-37-28-53-55-54(29-37)64(50-25-23-41(57(6,7)8)31-42(50)39-20-18-17-19-21-39)52-35-46-44(60(13,14)36-61(46,15)16)33-48(52)62(55)47-32-43-45(59(11,12)27-26-58(43,9)10)34-51(47)63(53)49-24-22-40(30-38(49)2)56(3,4)5/h17-25,28-35H,26-27,36H2,1-16H3/i1D3. The molecule has 2 nitrogen and oxygen atoms in total. The van der Waals surface area contributed by atoms with Crippen LogP contribution in [0.2, 0.25) is 0 Å². The Kier molecular flexibility index (Phi) is 8.46. The topological polar surface area (TPSA) is 6.48 Å². The second kappa shape index (κ2) is 13.8. The minimum Gasteiger partial charge on any atom is -0.311 e. The summed E-state index contributed by atoms with van der Waals surface area (Å²) in [4.78, 5) is 4.94. The van der Waals surface area contributed by atoms with Crippen LogP contribution in [0.5, 0.6) is 0 Å². The van der Waals surface area contributed by atoms with Gasteiger partial charge in [-0.05, 0) is 174 Å². The van der Waals surface area contributed by atoms with Crippen molar-refractivity contribution < 1.29 is 4.11 Å². The summed E-state index contributed by atoms with van der Waals surface area (Å²) in [5, 5.41) is 0. The molecule has 6 aromatic rings. The third-order valence-corrected chi connectivity index (χ3v) is 16.0. The van der Waals surface area contributed by atoms with Crippen molar-refractivity contribution in [1.82, 2.24) is 0 Å². The first-order valence-electron chi connectivity index (χ1n) is 25.5. The first kappa shape index (κ1) is 39.4. The van der Waals surface area contributed by atoms with Crippen molar-refractivity contribution in [1.29, 1.82) is 0 Å². The minimum absolute atomic E-state index is 0.0178. The summed E-state index contributed by atoms with van der Waals surface area (Å²) in [5.41, 5.74) is 21.7. The lowest BCUT2D eigenvalue weighted by Gasteiger charge is -2.48. The van der Waals surface area contributed by atoms with Crippen LogP contribution in [0.3, 0.4) is 0 Å². The van der Waals surface area contributed by atoms with Crippen molar-refractivity contribution in [2.24, 2.45) is 0 Å². The fourth-order valence-corrected chi connectivity index (χ4v) is 12.5. The lowest BCUT2D eigenvalue weighted by molar-refractivity contribution is 0.332. The van der Waals surface area contributed by atoms with Crippen molar-refractivity contribution in [2.45, 2.75) is 162 Å². The quantitative estimate of drug-likeness (QED) is 0.164. The van der Waals surface area contributed by atoms with Gasteiger partial charge in [-0.2, -0.15) is 0 Å². The van der Waals surface area contributed by atoms with Gasteiger partial charge in [0, 0.05) is 38.1 Å². The highest BCUT2D eigenvalue weighted by Gasteiger charge is 2.50. The van der Waals surface area contributed by atoms with Crippen LogP contribution < -0.4 is 26.2 Å². The molecule has 0 unspecified atom stereocenters. The fraction of sp³-hybridized carbons (Fsp3) is 0.410. The molecule has 6 aromatic carbocycles. The average Bonchev–Trinajstić information content (AvgIpc) is 3.42. The largest absolute Gasteiger partial charge is 0.311 e. The predicted molar refractivity (Wildman–Crippen MR) is 279 cm³/mol. The van der Waals surface area contributed by atoms with Crippen LogP contribution in [-0.2, 0) is 32.5 Å². The molecular formula is C61H71BN2. The molecule has 0 spiro atoms. The van der Waals surface area contributed by atoms with Gasteiger partial charge in [0.1, 0.15) is 0 Å². The number of hydrogen-bond acceptors (Lipinski definition) is 2. The molecule has 0 aromatic heterocycles. The average molecular weight is 846 g/mol. The molecule has 0 saturated carbocycles. The Morgan fingerprint density at radius 1 is 0.500 bits per heavy atom. The van der Waals surface area contributed by atoms with Gasteiger partial charge >= 0.3 is 0 Å². The second-order valence-corrected chi connectivity index (χ2v) is 24.8. The molecule has 64 heavy (non-hydrogen) atoms. The highest BCUT2D eigenvalue weighted by molar-refractivity contribution is 7.00. The van der Waals surface area contributed by atoms with Gasteiger partial charge in [-0.1, -0.05) is 158 Å². The predicted octanol–water partition coefficient (Wildman–Crippen LogP) is 15.0. The molecule has 2 aliphatic heterocycles. The van der Waals surface area contributed by atoms with E-state index in [0.717, 1.165) is 70.0 Å². The first-order chi connectivity index (χ1) is 31.0. The molecule has 0 fully saturated rings. The number of hydrogen-bond donors (Lipinski definition) is 0. The molecule has 2 heterocycles. The van der Waals surface area contributed by atoms with Gasteiger partial charge in [0.25, 0.3) is 6.71 Å². The molecule has 10 rings (SSSR count). The molecule has 2 aliphatic carbocycles. The van der Waals surface area contributed by atoms with Gasteiger partial charge in [-0.25, -0.2) is 0 Å². The summed E-state index contributed by atoms with van der Waals surface area (Å²) in [6.07, 6.45) is 3.26. The van der Waals surface area contributed by atoms with Crippen LogP contribution in [0.15, 0.2) is 103 Å². The summed E-state index contributed by atoms with van der Waals surface area (Å²) >= 11 is 0. The highest BCUT2D eigenvalue weighted by atomic mass is 15.2. The Labute approximate surface area is 390 Å². The molecule has 0 bridgehead atoms. The van der Waals surface area contributed by atoms with E-state index >= 15 is 0 Å². The molecule has 3 heteroatoms. The van der Waals surface area contributed by atoms with Gasteiger partial charge in [0.15, 0.2) is 0 Å². The molecule has 328 valence electrons. The van der Waals surface area contributed by atoms with E-state index in [1.807, 2.05) is 12.1 Å². The van der Waals surface area contributed by atoms with E-state index in [-0.39, 0.29) is 39.2 Å². The van der Waals surface area contributed by atoms with Crippen LogP contribution in [0, 0.1) is 13.8 Å². The zero-order valence-electron chi connectivity index (χ0n) is 44.4. The fourth-order valence-electron chi connectivity index (χ4n) is 12.5. The SMILES string of the molecule is [2H]C([2H])([2H])c1cc2c3c(c1)N(c1ccc(C(C)(C)C)cc1-c1ccccc1)c1cc4c(cc1B3c1cc3c(cc1N2c1ccc(C(C)(C)C)cc1C)C(C)(C)CCC3(C)C)C(C)(C)CC4(C)C. The Hall–Kier alpha value is -5.02. The number of rotatable bonds is 3. The maximum absolute atomic E-state index is 9.19. The van der Waals surface area contributed by atoms with E-state index in [0.29, 0.717) is 5.56 Å². The van der Waals surface area contributed by atoms with Crippen molar-refractivity contribution >= 4 is 57.2 Å². The third kappa shape index (κ3) is 6.48. The smallest absolute Gasteiger partial charge is 0.252 e. The minimum atomic E-state index is -2.37. The van der Waals surface area contributed by atoms with E-state index in [9.17, 15) is 4.11 Å². The lowest BCUT2D eigenvalue weighted by atomic mass is 9.32. The molecule has 0 amide bonds. The molecule has 4 aliphatic rings. The Morgan fingerprint density at radius 3 is 1.48 bits per heavy atom. The normalized spacial score (nSPS) is 19.4. The van der Waals surface area contributed by atoms with Crippen LogP contribution in [0.1, 0.15) is 165 Å². The number of aryl methyl sites for hydroxylation is 2. The van der Waals surface area contributed by atoms with Crippen molar-refractivity contribution in [2.75, 3.05) is 9.80 Å². The van der Waals surface area contributed by atoms with Crippen LogP contribution >= 0.6 is 0 Å². The summed E-state index contributed by atoms with van der Waals surface area (Å²) < 4.78 is 27.6. The molecule has 0 radical (unpaired) electrons. The zero-order valence-corrected chi connectivity index (χ0v) is 41.4. The van der Waals surface area contributed by atoms with Crippen LogP contribution in [0.25, 0.3) is 11.1 Å². The van der Waals surface area contributed by atoms with Crippen molar-refractivity contribution in [3.8, 4) is 11.1 Å². The first-order valence-corrected chi connectivity index (χ1v) is 24.0. The van der Waals surface area contributed by atoms with Crippen molar-refractivity contribution in [3.63, 3.8) is 0 Å². The second-order valence-electron chi connectivity index (χ2n) is 24.8. The zero-order chi connectivity index (χ0) is 48.3. The van der Waals surface area contributed by atoms with Gasteiger partial charge in [-0.15, -0.1) is 0 Å². The molecular weight excluding hydrogens is 771 g/mol. The van der Waals surface area contributed by atoms with Crippen molar-refractivity contribution in [3.05, 3.63) is 148 Å². The summed E-state index contributed by atoms with van der Waals surface area (Å²) in [5.74, 6) is 0. The van der Waals surface area contributed by atoms with Crippen LogP contribution in [-0.4, -0.2) is 6.71 Å². The molecule has 0 N–H and O–H groups in total. The summed E-state index contributed by atoms with van der Waals surface area (Å²) in [6, 6.07) is 39.0. The molecule has 0 saturated heterocycles. The van der Waals surface area contributed by atoms with Gasteiger partial charge in [0.2, 0.25) is 0 Å². The number of benzene rings is 6. The van der Waals surface area contributed by atoms with Crippen LogP contribution in [0.4, 0.5) is 34.1 Å². The van der Waals surface area contributed by atoms with E-state index < -0.39 is 6.85 Å². The highest BCUT2D eigenvalue weighted by Crippen LogP contribution is 2.55. The number of fused-ring (bicyclic) bond motifs is 6. The summed E-state index contributed by atoms with van der Waals surface area (Å²) in [7, 11) is 0. The van der Waals surface area contributed by atoms with Gasteiger partial charge in [-0.3, -0.25) is 0 Å². The van der Waals surface area contributed by atoms with Gasteiger partial charge in [0.05, 0.1) is 5.69 Å². The third-order valence-electron chi connectivity index (χ3n) is 16.0. The monoisotopic (exact) mass is 846 g/mol. The summed E-state index contributed by atoms with van der Waals surface area (Å²) in [6.45, 7) is 32.8. The Bertz CT molecular complexity index is 3030. The van der Waals surface area contributed by atoms with E-state index in [1.165, 1.54) is 49.9 Å². The number of anilines is 6. The van der Waals surface area contributed by atoms with E-state index in [4.69, 9.17) is 0 Å².